The Hall–Kier alpha value is -2.69. The molecule has 0 radical (unpaired) electrons. The van der Waals surface area contributed by atoms with E-state index in [2.05, 4.69) is 0 Å². The predicted molar refractivity (Wildman–Crippen MR) is 74.9 cm³/mol. The molecule has 0 spiro atoms. The Morgan fingerprint density at radius 1 is 1.00 bits per heavy atom. The van der Waals surface area contributed by atoms with Crippen LogP contribution in [0.25, 0.3) is 0 Å². The molecule has 0 aliphatic rings. The lowest BCUT2D eigenvalue weighted by Gasteiger charge is -2.23. The van der Waals surface area contributed by atoms with E-state index in [1.165, 1.54) is 12.1 Å². The van der Waals surface area contributed by atoms with Crippen LogP contribution in [-0.2, 0) is 11.3 Å². The highest BCUT2D eigenvalue weighted by Gasteiger charge is 2.12. The van der Waals surface area contributed by atoms with E-state index < -0.39 is 5.97 Å². The Kier molecular flexibility index (Phi) is 4.10. The van der Waals surface area contributed by atoms with Crippen LogP contribution in [0.4, 0.5) is 5.69 Å². The third-order valence-electron chi connectivity index (χ3n) is 2.86. The number of carboxylic acids is 1. The highest BCUT2D eigenvalue weighted by molar-refractivity contribution is 5.73. The zero-order valence-corrected chi connectivity index (χ0v) is 10.7. The summed E-state index contributed by atoms with van der Waals surface area (Å²) in [5.41, 5.74) is 1.49. The van der Waals surface area contributed by atoms with Crippen LogP contribution in [0.2, 0.25) is 0 Å². The first-order valence-electron chi connectivity index (χ1n) is 6.09. The van der Waals surface area contributed by atoms with Crippen molar-refractivity contribution in [3.63, 3.8) is 0 Å². The van der Waals surface area contributed by atoms with Gasteiger partial charge in [-0.3, -0.25) is 4.79 Å². The summed E-state index contributed by atoms with van der Waals surface area (Å²) in [4.78, 5) is 12.6. The van der Waals surface area contributed by atoms with Crippen molar-refractivity contribution in [3.05, 3.63) is 54.1 Å². The maximum Gasteiger partial charge on any atom is 0.323 e. The number of carbonyl (C=O) groups is 1. The molecule has 5 heteroatoms. The first-order chi connectivity index (χ1) is 9.56. The summed E-state index contributed by atoms with van der Waals surface area (Å²) in [6.07, 6.45) is 0. The lowest BCUT2D eigenvalue weighted by molar-refractivity contribution is -0.135. The van der Waals surface area contributed by atoms with Gasteiger partial charge >= 0.3 is 5.97 Å². The van der Waals surface area contributed by atoms with Crippen LogP contribution < -0.4 is 4.90 Å². The summed E-state index contributed by atoms with van der Waals surface area (Å²) in [5.74, 6) is -1.35. The minimum atomic E-state index is -0.933. The molecule has 0 amide bonds. The number of benzene rings is 2. The number of phenols is 2. The molecule has 0 aliphatic carbocycles. The number of aliphatic carboxylic acids is 1. The van der Waals surface area contributed by atoms with Crippen molar-refractivity contribution in [2.24, 2.45) is 0 Å². The molecule has 0 fully saturated rings. The van der Waals surface area contributed by atoms with Crippen molar-refractivity contribution >= 4 is 11.7 Å². The van der Waals surface area contributed by atoms with Gasteiger partial charge in [-0.25, -0.2) is 0 Å². The van der Waals surface area contributed by atoms with E-state index in [0.717, 1.165) is 5.69 Å². The van der Waals surface area contributed by atoms with Gasteiger partial charge < -0.3 is 20.2 Å². The van der Waals surface area contributed by atoms with Gasteiger partial charge in [-0.2, -0.15) is 0 Å². The molecule has 104 valence electrons. The summed E-state index contributed by atoms with van der Waals surface area (Å²) >= 11 is 0. The fourth-order valence-corrected chi connectivity index (χ4v) is 1.93. The SMILES string of the molecule is O=C(O)CN(Cc1ccc(O)c(O)c1)c1ccccc1. The number of anilines is 1. The van der Waals surface area contributed by atoms with Crippen molar-refractivity contribution in [1.29, 1.82) is 0 Å². The summed E-state index contributed by atoms with van der Waals surface area (Å²) in [6, 6.07) is 13.6. The van der Waals surface area contributed by atoms with Gasteiger partial charge in [0.15, 0.2) is 11.5 Å². The van der Waals surface area contributed by atoms with Crippen LogP contribution in [0.15, 0.2) is 48.5 Å². The van der Waals surface area contributed by atoms with Crippen molar-refractivity contribution in [3.8, 4) is 11.5 Å². The number of nitrogens with zero attached hydrogens (tertiary/aromatic N) is 1. The zero-order chi connectivity index (χ0) is 14.5. The average Bonchev–Trinajstić information content (AvgIpc) is 2.43. The van der Waals surface area contributed by atoms with E-state index in [0.29, 0.717) is 12.1 Å². The highest BCUT2D eigenvalue weighted by atomic mass is 16.4. The standard InChI is InChI=1S/C15H15NO4/c17-13-7-6-11(8-14(13)18)9-16(10-15(19)20)12-4-2-1-3-5-12/h1-8,17-18H,9-10H2,(H,19,20). The Balaban J connectivity index is 2.23. The molecule has 20 heavy (non-hydrogen) atoms. The molecule has 0 aromatic heterocycles. The van der Waals surface area contributed by atoms with Crippen LogP contribution in [0, 0.1) is 0 Å². The molecule has 2 aromatic rings. The van der Waals surface area contributed by atoms with Crippen LogP contribution in [0.3, 0.4) is 0 Å². The molecule has 0 bridgehead atoms. The van der Waals surface area contributed by atoms with Crippen LogP contribution in [0.5, 0.6) is 11.5 Å². The number of rotatable bonds is 5. The molecule has 0 saturated heterocycles. The Bertz CT molecular complexity index is 598. The molecule has 0 heterocycles. The zero-order valence-electron chi connectivity index (χ0n) is 10.7. The number of hydrogen-bond acceptors (Lipinski definition) is 4. The fraction of sp³-hybridized carbons (Fsp3) is 0.133. The number of aromatic hydroxyl groups is 2. The summed E-state index contributed by atoms with van der Waals surface area (Å²) in [6.45, 7) is 0.176. The van der Waals surface area contributed by atoms with Crippen LogP contribution in [-0.4, -0.2) is 27.8 Å². The number of hydrogen-bond donors (Lipinski definition) is 3. The Morgan fingerprint density at radius 2 is 1.70 bits per heavy atom. The Morgan fingerprint density at radius 3 is 2.30 bits per heavy atom. The van der Waals surface area contributed by atoms with Crippen molar-refractivity contribution in [2.75, 3.05) is 11.4 Å². The number of carboxylic acid groups (broad SMARTS) is 1. The van der Waals surface area contributed by atoms with E-state index in [-0.39, 0.29) is 18.0 Å². The quantitative estimate of drug-likeness (QED) is 0.727. The van der Waals surface area contributed by atoms with E-state index in [4.69, 9.17) is 5.11 Å². The van der Waals surface area contributed by atoms with Gasteiger partial charge in [-0.05, 0) is 29.8 Å². The Labute approximate surface area is 116 Å². The summed E-state index contributed by atoms with van der Waals surface area (Å²) < 4.78 is 0. The van der Waals surface area contributed by atoms with Gasteiger partial charge in [0.25, 0.3) is 0 Å². The van der Waals surface area contributed by atoms with E-state index in [1.54, 1.807) is 11.0 Å². The smallest absolute Gasteiger partial charge is 0.323 e. The minimum Gasteiger partial charge on any atom is -0.504 e. The summed E-state index contributed by atoms with van der Waals surface area (Å²) in [7, 11) is 0. The number of phenolic OH excluding ortho intramolecular Hbond substituents is 2. The lowest BCUT2D eigenvalue weighted by atomic mass is 10.1. The first-order valence-corrected chi connectivity index (χ1v) is 6.09. The number of para-hydroxylation sites is 1. The third-order valence-corrected chi connectivity index (χ3v) is 2.86. The van der Waals surface area contributed by atoms with Gasteiger partial charge in [-0.15, -0.1) is 0 Å². The van der Waals surface area contributed by atoms with Crippen molar-refractivity contribution < 1.29 is 20.1 Å². The highest BCUT2D eigenvalue weighted by Crippen LogP contribution is 2.26. The van der Waals surface area contributed by atoms with Gasteiger partial charge in [0, 0.05) is 12.2 Å². The van der Waals surface area contributed by atoms with Gasteiger partial charge in [0.05, 0.1) is 0 Å². The minimum absolute atomic E-state index is 0.147. The van der Waals surface area contributed by atoms with Crippen molar-refractivity contribution in [2.45, 2.75) is 6.54 Å². The summed E-state index contributed by atoms with van der Waals surface area (Å²) in [5, 5.41) is 27.8. The molecule has 5 nitrogen and oxygen atoms in total. The van der Waals surface area contributed by atoms with Gasteiger partial charge in [0.1, 0.15) is 6.54 Å². The molecule has 2 rings (SSSR count). The fourth-order valence-electron chi connectivity index (χ4n) is 1.93. The first kappa shape index (κ1) is 13.7. The molecule has 0 aliphatic heterocycles. The van der Waals surface area contributed by atoms with E-state index in [9.17, 15) is 15.0 Å². The monoisotopic (exact) mass is 273 g/mol. The molecular formula is C15H15NO4. The second-order valence-corrected chi connectivity index (χ2v) is 4.41. The third kappa shape index (κ3) is 3.41. The largest absolute Gasteiger partial charge is 0.504 e. The lowest BCUT2D eigenvalue weighted by Crippen LogP contribution is -2.29. The van der Waals surface area contributed by atoms with E-state index in [1.807, 2.05) is 30.3 Å². The second kappa shape index (κ2) is 5.97. The molecular weight excluding hydrogens is 258 g/mol. The molecule has 2 aromatic carbocycles. The van der Waals surface area contributed by atoms with Crippen LogP contribution in [0.1, 0.15) is 5.56 Å². The van der Waals surface area contributed by atoms with Crippen LogP contribution >= 0.6 is 0 Å². The molecule has 3 N–H and O–H groups in total. The maximum atomic E-state index is 11.0. The van der Waals surface area contributed by atoms with Gasteiger partial charge in [0.2, 0.25) is 0 Å². The molecule has 0 atom stereocenters. The molecule has 0 unspecified atom stereocenters. The van der Waals surface area contributed by atoms with Crippen molar-refractivity contribution in [1.82, 2.24) is 0 Å². The topological polar surface area (TPSA) is 81.0 Å². The van der Waals surface area contributed by atoms with Gasteiger partial charge in [-0.1, -0.05) is 24.3 Å². The average molecular weight is 273 g/mol. The molecule has 0 saturated carbocycles. The van der Waals surface area contributed by atoms with E-state index >= 15 is 0 Å². The normalized spacial score (nSPS) is 10.2. The second-order valence-electron chi connectivity index (χ2n) is 4.41. The predicted octanol–water partition coefficient (Wildman–Crippen LogP) is 2.19. The maximum absolute atomic E-state index is 11.0.